The third kappa shape index (κ3) is 7.14. The topological polar surface area (TPSA) is 195 Å². The molecule has 1 saturated heterocycles. The number of hydrogen-bond acceptors (Lipinski definition) is 12. The summed E-state index contributed by atoms with van der Waals surface area (Å²) in [5, 5.41) is 63.2. The van der Waals surface area contributed by atoms with Crippen molar-refractivity contribution in [1.29, 1.82) is 0 Å². The lowest BCUT2D eigenvalue weighted by atomic mass is 9.68. The molecule has 3 unspecified atom stereocenters. The average Bonchev–Trinajstić information content (AvgIpc) is 3.37. The molecule has 2 aliphatic rings. The number of hydrogen-bond donors (Lipinski definition) is 6. The molecule has 242 valence electrons. The van der Waals surface area contributed by atoms with Gasteiger partial charge in [0.2, 0.25) is 0 Å². The van der Waals surface area contributed by atoms with Crippen molar-refractivity contribution in [2.75, 3.05) is 65.4 Å². The third-order valence-corrected chi connectivity index (χ3v) is 8.77. The van der Waals surface area contributed by atoms with Crippen LogP contribution < -0.4 is 4.90 Å². The minimum absolute atomic E-state index is 0.0132. The van der Waals surface area contributed by atoms with Crippen LogP contribution in [0.4, 0.5) is 5.69 Å². The molecule has 3 atom stereocenters. The minimum Gasteiger partial charge on any atom is -0.506 e. The van der Waals surface area contributed by atoms with Crippen LogP contribution in [-0.4, -0.2) is 130 Å². The van der Waals surface area contributed by atoms with Crippen molar-refractivity contribution < 1.29 is 49.4 Å². The second kappa shape index (κ2) is 13.3. The van der Waals surface area contributed by atoms with Crippen molar-refractivity contribution in [3.63, 3.8) is 0 Å². The van der Waals surface area contributed by atoms with E-state index in [1.54, 1.807) is 31.1 Å². The first-order valence-corrected chi connectivity index (χ1v) is 14.7. The van der Waals surface area contributed by atoms with Crippen molar-refractivity contribution in [2.24, 2.45) is 5.92 Å². The van der Waals surface area contributed by atoms with Crippen LogP contribution in [0.1, 0.15) is 47.4 Å². The molecular formula is C31H43N3O10. The first kappa shape index (κ1) is 33.6. The predicted octanol–water partition coefficient (Wildman–Crippen LogP) is 0.482. The predicted molar refractivity (Wildman–Crippen MR) is 160 cm³/mol. The Hall–Kier alpha value is -3.33. The number of ketones is 2. The summed E-state index contributed by atoms with van der Waals surface area (Å²) in [5.74, 6) is -3.85. The van der Waals surface area contributed by atoms with Gasteiger partial charge in [-0.1, -0.05) is 0 Å². The number of carbonyl (C=O) groups excluding carboxylic acids is 2. The molecule has 0 saturated carbocycles. The lowest BCUT2D eigenvalue weighted by molar-refractivity contribution is -0.151. The van der Waals surface area contributed by atoms with Gasteiger partial charge >= 0.3 is 5.97 Å². The zero-order valence-electron chi connectivity index (χ0n) is 25.5. The Kier molecular flexibility index (Phi) is 10.2. The number of phenolic OH excluding ortho intramolecular Hbond substituents is 1. The molecule has 6 N–H and O–H groups in total. The van der Waals surface area contributed by atoms with E-state index in [1.165, 1.54) is 0 Å². The number of carboxylic acid groups (broad SMARTS) is 1. The molecule has 13 heteroatoms. The second-order valence-electron chi connectivity index (χ2n) is 12.4. The molecular weight excluding hydrogens is 574 g/mol. The first-order chi connectivity index (χ1) is 20.7. The quantitative estimate of drug-likeness (QED) is 0.170. The summed E-state index contributed by atoms with van der Waals surface area (Å²) in [6.45, 7) is 2.77. The number of anilines is 1. The van der Waals surface area contributed by atoms with E-state index in [4.69, 9.17) is 9.52 Å². The van der Waals surface area contributed by atoms with Gasteiger partial charge in [-0.25, -0.2) is 0 Å². The van der Waals surface area contributed by atoms with Crippen LogP contribution in [0.25, 0.3) is 11.3 Å². The fraction of sp³-hybridized carbons (Fsp3) is 0.581. The van der Waals surface area contributed by atoms with Crippen LogP contribution in [0.2, 0.25) is 0 Å². The number of nitrogens with zero attached hydrogens (tertiary/aromatic N) is 3. The van der Waals surface area contributed by atoms with Gasteiger partial charge in [-0.2, -0.15) is 0 Å². The van der Waals surface area contributed by atoms with E-state index in [-0.39, 0.29) is 17.7 Å². The van der Waals surface area contributed by atoms with Gasteiger partial charge in [0.25, 0.3) is 0 Å². The number of aliphatic carboxylic acids is 1. The maximum Gasteiger partial charge on any atom is 0.310 e. The van der Waals surface area contributed by atoms with Crippen LogP contribution >= 0.6 is 0 Å². The Morgan fingerprint density at radius 3 is 2.41 bits per heavy atom. The van der Waals surface area contributed by atoms with E-state index in [1.807, 2.05) is 6.07 Å². The number of rotatable bonds is 13. The largest absolute Gasteiger partial charge is 0.506 e. The number of aromatic hydroxyl groups is 1. The van der Waals surface area contributed by atoms with Crippen LogP contribution in [-0.2, 0) is 22.6 Å². The number of carbonyl (C=O) groups is 3. The molecule has 0 amide bonds. The second-order valence-corrected chi connectivity index (χ2v) is 12.4. The SMILES string of the molecule is CN1CCN(Cc2ccc(-c3cc(N(C)C)c4c(c3O)C(=O)CC(O)(CC(O)(CCO)C(CO)C(=O)CC(=O)O)C4)o2)CC1. The monoisotopic (exact) mass is 617 g/mol. The fourth-order valence-corrected chi connectivity index (χ4v) is 6.49. The van der Waals surface area contributed by atoms with Crippen molar-refractivity contribution in [1.82, 2.24) is 9.80 Å². The molecule has 1 aromatic carbocycles. The number of aliphatic hydroxyl groups is 4. The van der Waals surface area contributed by atoms with Gasteiger partial charge in [-0.3, -0.25) is 19.3 Å². The van der Waals surface area contributed by atoms with Gasteiger partial charge in [0.1, 0.15) is 23.7 Å². The molecule has 0 bridgehead atoms. The number of Topliss-reactive ketones (excluding diaryl/α,β-unsaturated/α-hetero) is 2. The molecule has 2 aromatic rings. The Bertz CT molecular complexity index is 1380. The molecule has 13 nitrogen and oxygen atoms in total. The van der Waals surface area contributed by atoms with Gasteiger partial charge in [0.05, 0.1) is 41.4 Å². The number of furan rings is 1. The van der Waals surface area contributed by atoms with Crippen LogP contribution in [0.3, 0.4) is 0 Å². The number of benzene rings is 1. The van der Waals surface area contributed by atoms with Crippen molar-refractivity contribution in [3.05, 3.63) is 35.1 Å². The van der Waals surface area contributed by atoms with Crippen LogP contribution in [0.15, 0.2) is 22.6 Å². The zero-order valence-corrected chi connectivity index (χ0v) is 25.5. The summed E-state index contributed by atoms with van der Waals surface area (Å²) in [6.07, 6.45) is -2.76. The first-order valence-electron chi connectivity index (χ1n) is 14.7. The van der Waals surface area contributed by atoms with Gasteiger partial charge in [-0.15, -0.1) is 0 Å². The van der Waals surface area contributed by atoms with Crippen LogP contribution in [0.5, 0.6) is 5.75 Å². The van der Waals surface area contributed by atoms with E-state index in [9.17, 15) is 39.9 Å². The standard InChI is InChI=1S/C31H43N3O10/c1-32(2)23-12-20(26-5-4-19(44-26)16-34-9-7-33(3)8-10-34)29(41)28-21(23)14-30(42,15-25(28)38)18-31(43,6-11-35)22(17-36)24(37)13-27(39)40/h4-5,12,22,35-36,41-43H,6-11,13-18H2,1-3H3,(H,39,40). The molecule has 4 rings (SSSR count). The van der Waals surface area contributed by atoms with E-state index < -0.39 is 73.6 Å². The Labute approximate surface area is 255 Å². The average molecular weight is 618 g/mol. The Balaban J connectivity index is 1.67. The molecule has 0 spiro atoms. The van der Waals surface area contributed by atoms with Crippen molar-refractivity contribution in [3.8, 4) is 17.1 Å². The summed E-state index contributed by atoms with van der Waals surface area (Å²) in [5.41, 5.74) is -2.99. The van der Waals surface area contributed by atoms with Crippen molar-refractivity contribution >= 4 is 23.2 Å². The molecule has 1 fully saturated rings. The fourth-order valence-electron chi connectivity index (χ4n) is 6.49. The van der Waals surface area contributed by atoms with Gasteiger partial charge < -0.3 is 44.9 Å². The minimum atomic E-state index is -2.21. The molecule has 1 aliphatic carbocycles. The van der Waals surface area contributed by atoms with E-state index >= 15 is 0 Å². The zero-order chi connectivity index (χ0) is 32.4. The lowest BCUT2D eigenvalue weighted by Crippen LogP contribution is -2.53. The van der Waals surface area contributed by atoms with Crippen LogP contribution in [0, 0.1) is 5.92 Å². The molecule has 44 heavy (non-hydrogen) atoms. The highest BCUT2D eigenvalue weighted by molar-refractivity contribution is 6.05. The summed E-state index contributed by atoms with van der Waals surface area (Å²) in [6, 6.07) is 5.25. The molecule has 1 aromatic heterocycles. The summed E-state index contributed by atoms with van der Waals surface area (Å²) in [4.78, 5) is 43.7. The van der Waals surface area contributed by atoms with Gasteiger partial charge in [0.15, 0.2) is 11.6 Å². The van der Waals surface area contributed by atoms with Gasteiger partial charge in [-0.05, 0) is 30.8 Å². The summed E-state index contributed by atoms with van der Waals surface area (Å²) >= 11 is 0. The highest BCUT2D eigenvalue weighted by atomic mass is 16.4. The summed E-state index contributed by atoms with van der Waals surface area (Å²) < 4.78 is 6.11. The van der Waals surface area contributed by atoms with Crippen molar-refractivity contribution in [2.45, 2.75) is 49.9 Å². The maximum absolute atomic E-state index is 13.6. The normalized spacial score (nSPS) is 21.5. The van der Waals surface area contributed by atoms with E-state index in [0.29, 0.717) is 34.9 Å². The maximum atomic E-state index is 13.6. The third-order valence-electron chi connectivity index (χ3n) is 8.77. The number of carboxylic acids is 1. The number of aliphatic hydroxyl groups excluding tert-OH is 2. The Morgan fingerprint density at radius 1 is 1.14 bits per heavy atom. The van der Waals surface area contributed by atoms with E-state index in [0.717, 1.165) is 26.2 Å². The number of piperazine rings is 1. The molecule has 2 heterocycles. The smallest absolute Gasteiger partial charge is 0.310 e. The number of phenols is 1. The summed E-state index contributed by atoms with van der Waals surface area (Å²) in [7, 11) is 5.56. The van der Waals surface area contributed by atoms with Gasteiger partial charge in [0, 0.05) is 78.3 Å². The Morgan fingerprint density at radius 2 is 1.82 bits per heavy atom. The van der Waals surface area contributed by atoms with E-state index in [2.05, 4.69) is 16.8 Å². The highest BCUT2D eigenvalue weighted by Gasteiger charge is 2.50. The number of likely N-dealkylation sites (N-methyl/N-ethyl adjacent to an activating group) is 1. The highest BCUT2D eigenvalue weighted by Crippen LogP contribution is 2.47. The lowest BCUT2D eigenvalue weighted by Gasteiger charge is -2.43. The number of fused-ring (bicyclic) bond motifs is 1. The molecule has 0 radical (unpaired) electrons. The molecule has 1 aliphatic heterocycles.